The summed E-state index contributed by atoms with van der Waals surface area (Å²) in [5.74, 6) is -0.0769. The second kappa shape index (κ2) is 5.96. The molecule has 1 saturated heterocycles. The maximum Gasteiger partial charge on any atom is 0.255 e. The van der Waals surface area contributed by atoms with E-state index in [1.165, 1.54) is 6.07 Å². The van der Waals surface area contributed by atoms with Crippen LogP contribution in [0.2, 0.25) is 0 Å². The first-order valence-electron chi connectivity index (χ1n) is 8.13. The number of likely N-dealkylation sites (tertiary alicyclic amines) is 1. The molecule has 1 aromatic carbocycles. The van der Waals surface area contributed by atoms with Gasteiger partial charge in [-0.15, -0.1) is 0 Å². The van der Waals surface area contributed by atoms with Gasteiger partial charge in [0.05, 0.1) is 18.2 Å². The first kappa shape index (κ1) is 14.7. The summed E-state index contributed by atoms with van der Waals surface area (Å²) >= 11 is 0. The average molecular weight is 322 g/mol. The van der Waals surface area contributed by atoms with E-state index >= 15 is 0 Å². The van der Waals surface area contributed by atoms with Crippen LogP contribution in [-0.2, 0) is 6.54 Å². The van der Waals surface area contributed by atoms with Crippen LogP contribution in [0.4, 0.5) is 0 Å². The van der Waals surface area contributed by atoms with E-state index in [4.69, 9.17) is 0 Å². The summed E-state index contributed by atoms with van der Waals surface area (Å²) in [7, 11) is 0. The predicted molar refractivity (Wildman–Crippen MR) is 90.9 cm³/mol. The Balaban J connectivity index is 1.69. The highest BCUT2D eigenvalue weighted by Crippen LogP contribution is 2.24. The fourth-order valence-electron chi connectivity index (χ4n) is 3.45. The minimum atomic E-state index is -0.250. The summed E-state index contributed by atoms with van der Waals surface area (Å²) in [4.78, 5) is 29.7. The van der Waals surface area contributed by atoms with Gasteiger partial charge in [-0.1, -0.05) is 18.2 Å². The number of carbonyl (C=O) groups excluding carboxylic acids is 1. The number of benzene rings is 1. The van der Waals surface area contributed by atoms with Gasteiger partial charge in [0.15, 0.2) is 0 Å². The Morgan fingerprint density at radius 2 is 2.17 bits per heavy atom. The Kier molecular flexibility index (Phi) is 3.65. The van der Waals surface area contributed by atoms with Crippen molar-refractivity contribution < 1.29 is 4.79 Å². The first-order chi connectivity index (χ1) is 11.7. The highest BCUT2D eigenvalue weighted by atomic mass is 16.2. The van der Waals surface area contributed by atoms with Crippen molar-refractivity contribution in [2.75, 3.05) is 6.54 Å². The number of hydrogen-bond donors (Lipinski definition) is 1. The lowest BCUT2D eigenvalue weighted by Crippen LogP contribution is -2.38. The molecule has 6 heteroatoms. The van der Waals surface area contributed by atoms with Gasteiger partial charge >= 0.3 is 0 Å². The molecule has 24 heavy (non-hydrogen) atoms. The third-order valence-corrected chi connectivity index (χ3v) is 4.58. The zero-order valence-electron chi connectivity index (χ0n) is 13.2. The minimum absolute atomic E-state index is 0.0769. The van der Waals surface area contributed by atoms with Crippen LogP contribution in [-0.4, -0.2) is 38.2 Å². The quantitative estimate of drug-likeness (QED) is 0.802. The van der Waals surface area contributed by atoms with E-state index in [0.717, 1.165) is 18.2 Å². The number of hydrogen-bond acceptors (Lipinski definition) is 3. The first-order valence-corrected chi connectivity index (χ1v) is 8.13. The number of H-pyrrole nitrogens is 1. The number of para-hydroxylation sites is 1. The molecular formula is C18H18N4O2. The Labute approximate surface area is 138 Å². The minimum Gasteiger partial charge on any atom is -0.334 e. The Morgan fingerprint density at radius 1 is 1.29 bits per heavy atom. The average Bonchev–Trinajstić information content (AvgIpc) is 3.26. The largest absolute Gasteiger partial charge is 0.334 e. The summed E-state index contributed by atoms with van der Waals surface area (Å²) in [6.45, 7) is 1.39. The second-order valence-electron chi connectivity index (χ2n) is 6.12. The van der Waals surface area contributed by atoms with E-state index in [0.29, 0.717) is 24.2 Å². The fourth-order valence-corrected chi connectivity index (χ4v) is 3.45. The summed E-state index contributed by atoms with van der Waals surface area (Å²) in [5, 5.41) is 5.02. The van der Waals surface area contributed by atoms with Crippen LogP contribution in [0.3, 0.4) is 0 Å². The van der Waals surface area contributed by atoms with Gasteiger partial charge in [-0.25, -0.2) is 0 Å². The number of fused-ring (bicyclic) bond motifs is 1. The normalized spacial score (nSPS) is 17.5. The van der Waals surface area contributed by atoms with E-state index in [-0.39, 0.29) is 17.5 Å². The molecule has 1 atom stereocenters. The van der Waals surface area contributed by atoms with Crippen LogP contribution in [0, 0.1) is 0 Å². The van der Waals surface area contributed by atoms with E-state index in [9.17, 15) is 9.59 Å². The van der Waals surface area contributed by atoms with Crippen molar-refractivity contribution in [1.29, 1.82) is 0 Å². The van der Waals surface area contributed by atoms with Crippen LogP contribution < -0.4 is 5.56 Å². The van der Waals surface area contributed by atoms with Crippen LogP contribution >= 0.6 is 0 Å². The van der Waals surface area contributed by atoms with Gasteiger partial charge in [-0.2, -0.15) is 5.10 Å². The molecule has 0 saturated carbocycles. The molecule has 122 valence electrons. The van der Waals surface area contributed by atoms with Crippen molar-refractivity contribution in [2.45, 2.75) is 25.4 Å². The van der Waals surface area contributed by atoms with Crippen molar-refractivity contribution in [3.05, 3.63) is 64.7 Å². The third-order valence-electron chi connectivity index (χ3n) is 4.58. The van der Waals surface area contributed by atoms with Gasteiger partial charge in [0, 0.05) is 35.9 Å². The topological polar surface area (TPSA) is 71.0 Å². The molecule has 1 fully saturated rings. The highest BCUT2D eigenvalue weighted by Gasteiger charge is 2.30. The summed E-state index contributed by atoms with van der Waals surface area (Å²) in [6, 6.07) is 10.8. The van der Waals surface area contributed by atoms with Crippen LogP contribution in [0.25, 0.3) is 10.9 Å². The smallest absolute Gasteiger partial charge is 0.255 e. The van der Waals surface area contributed by atoms with Crippen molar-refractivity contribution in [3.63, 3.8) is 0 Å². The van der Waals surface area contributed by atoms with Crippen molar-refractivity contribution in [1.82, 2.24) is 19.7 Å². The molecule has 1 aliphatic rings. The monoisotopic (exact) mass is 322 g/mol. The summed E-state index contributed by atoms with van der Waals surface area (Å²) < 4.78 is 1.85. The molecule has 1 aliphatic heterocycles. The van der Waals surface area contributed by atoms with E-state index in [1.807, 2.05) is 46.1 Å². The number of nitrogens with zero attached hydrogens (tertiary/aromatic N) is 3. The molecule has 0 aliphatic carbocycles. The number of carbonyl (C=O) groups is 1. The lowest BCUT2D eigenvalue weighted by atomic mass is 10.1. The molecule has 3 aromatic rings. The molecular weight excluding hydrogens is 304 g/mol. The summed E-state index contributed by atoms with van der Waals surface area (Å²) in [6.07, 6.45) is 5.57. The Hall–Kier alpha value is -2.89. The molecule has 1 amide bonds. The van der Waals surface area contributed by atoms with Gasteiger partial charge in [-0.05, 0) is 25.0 Å². The van der Waals surface area contributed by atoms with Gasteiger partial charge in [0.1, 0.15) is 0 Å². The van der Waals surface area contributed by atoms with Crippen LogP contribution in [0.1, 0.15) is 23.2 Å². The predicted octanol–water partition coefficient (Wildman–Crippen LogP) is 2.03. The SMILES string of the molecule is O=C(c1cc(=O)[nH]c2ccccc12)N1CCC[C@@H]1Cn1cccn1. The second-order valence-corrected chi connectivity index (χ2v) is 6.12. The zero-order chi connectivity index (χ0) is 16.5. The zero-order valence-corrected chi connectivity index (χ0v) is 13.2. The molecule has 2 aromatic heterocycles. The van der Waals surface area contributed by atoms with Crippen molar-refractivity contribution >= 4 is 16.8 Å². The number of nitrogens with one attached hydrogen (secondary N) is 1. The Morgan fingerprint density at radius 3 is 3.00 bits per heavy atom. The van der Waals surface area contributed by atoms with Gasteiger partial charge < -0.3 is 9.88 Å². The molecule has 4 rings (SSSR count). The number of pyridine rings is 1. The van der Waals surface area contributed by atoms with Crippen molar-refractivity contribution in [3.8, 4) is 0 Å². The molecule has 0 radical (unpaired) electrons. The summed E-state index contributed by atoms with van der Waals surface area (Å²) in [5.41, 5.74) is 0.915. The van der Waals surface area contributed by atoms with E-state index < -0.39 is 0 Å². The molecule has 0 spiro atoms. The number of rotatable bonds is 3. The number of aromatic nitrogens is 3. The molecule has 1 N–H and O–H groups in total. The van der Waals surface area contributed by atoms with Gasteiger partial charge in [0.2, 0.25) is 5.56 Å². The maximum absolute atomic E-state index is 13.1. The number of aromatic amines is 1. The van der Waals surface area contributed by atoms with Crippen LogP contribution in [0.15, 0.2) is 53.6 Å². The van der Waals surface area contributed by atoms with Crippen molar-refractivity contribution in [2.24, 2.45) is 0 Å². The standard InChI is InChI=1S/C18H18N4O2/c23-17-11-15(14-6-1-2-7-16(14)20-17)18(24)22-10-3-5-13(22)12-21-9-4-8-19-21/h1-2,4,6-9,11,13H,3,5,10,12H2,(H,20,23)/t13-/m1/s1. The molecule has 3 heterocycles. The highest BCUT2D eigenvalue weighted by molar-refractivity contribution is 6.06. The molecule has 0 bridgehead atoms. The third kappa shape index (κ3) is 2.60. The fraction of sp³-hybridized carbons (Fsp3) is 0.278. The number of amides is 1. The van der Waals surface area contributed by atoms with E-state index in [2.05, 4.69) is 10.1 Å². The Bertz CT molecular complexity index is 930. The van der Waals surface area contributed by atoms with Gasteiger partial charge in [-0.3, -0.25) is 14.3 Å². The van der Waals surface area contributed by atoms with Gasteiger partial charge in [0.25, 0.3) is 5.91 Å². The maximum atomic E-state index is 13.1. The molecule has 6 nitrogen and oxygen atoms in total. The molecule has 0 unspecified atom stereocenters. The van der Waals surface area contributed by atoms with E-state index in [1.54, 1.807) is 6.20 Å². The lowest BCUT2D eigenvalue weighted by Gasteiger charge is -2.25. The van der Waals surface area contributed by atoms with Crippen LogP contribution in [0.5, 0.6) is 0 Å². The lowest BCUT2D eigenvalue weighted by molar-refractivity contribution is 0.0723.